The van der Waals surface area contributed by atoms with Crippen molar-refractivity contribution >= 4 is 11.9 Å². The first-order chi connectivity index (χ1) is 9.86. The van der Waals surface area contributed by atoms with E-state index in [9.17, 15) is 9.59 Å². The van der Waals surface area contributed by atoms with Gasteiger partial charge in [-0.25, -0.2) is 9.59 Å². The molecule has 0 aromatic heterocycles. The van der Waals surface area contributed by atoms with Crippen LogP contribution in [0.5, 0.6) is 0 Å². The Morgan fingerprint density at radius 1 is 1.05 bits per heavy atom. The number of hydrogen-bond acceptors (Lipinski definition) is 4. The van der Waals surface area contributed by atoms with Crippen LogP contribution in [-0.4, -0.2) is 25.2 Å². The van der Waals surface area contributed by atoms with E-state index in [0.29, 0.717) is 5.92 Å². The molecule has 0 radical (unpaired) electrons. The largest absolute Gasteiger partial charge is 0.458 e. The zero-order valence-electron chi connectivity index (χ0n) is 13.9. The molecule has 21 heavy (non-hydrogen) atoms. The van der Waals surface area contributed by atoms with Crippen LogP contribution in [0.4, 0.5) is 0 Å². The summed E-state index contributed by atoms with van der Waals surface area (Å²) >= 11 is 0. The zero-order valence-corrected chi connectivity index (χ0v) is 13.9. The molecule has 0 aromatic rings. The van der Waals surface area contributed by atoms with E-state index in [1.54, 1.807) is 6.92 Å². The predicted octanol–water partition coefficient (Wildman–Crippen LogP) is 3.89. The second-order valence-electron chi connectivity index (χ2n) is 5.99. The average Bonchev–Trinajstić information content (AvgIpc) is 2.38. The molecule has 0 heterocycles. The van der Waals surface area contributed by atoms with Crippen LogP contribution >= 0.6 is 0 Å². The first-order valence-corrected chi connectivity index (χ1v) is 7.87. The second-order valence-corrected chi connectivity index (χ2v) is 5.99. The van der Waals surface area contributed by atoms with Gasteiger partial charge in [0, 0.05) is 0 Å². The molecule has 0 amide bonds. The number of carbonyl (C=O) groups is 2. The SMILES string of the molecule is C=C(CCCC(C)C)CC(C)CCOC(=O)C(=O)OCC. The summed E-state index contributed by atoms with van der Waals surface area (Å²) in [6.07, 6.45) is 5.14. The molecule has 4 heteroatoms. The minimum absolute atomic E-state index is 0.181. The van der Waals surface area contributed by atoms with Gasteiger partial charge in [0.15, 0.2) is 0 Å². The van der Waals surface area contributed by atoms with E-state index < -0.39 is 11.9 Å². The quantitative estimate of drug-likeness (QED) is 0.349. The summed E-state index contributed by atoms with van der Waals surface area (Å²) in [5.74, 6) is -0.688. The fourth-order valence-electron chi connectivity index (χ4n) is 2.06. The third-order valence-electron chi connectivity index (χ3n) is 3.23. The Bertz CT molecular complexity index is 334. The Kier molecular flexibility index (Phi) is 10.6. The van der Waals surface area contributed by atoms with Gasteiger partial charge >= 0.3 is 11.9 Å². The van der Waals surface area contributed by atoms with Crippen molar-refractivity contribution in [3.05, 3.63) is 12.2 Å². The number of hydrogen-bond donors (Lipinski definition) is 0. The lowest BCUT2D eigenvalue weighted by atomic mass is 9.95. The average molecular weight is 298 g/mol. The number of ether oxygens (including phenoxy) is 2. The van der Waals surface area contributed by atoms with Gasteiger partial charge in [-0.3, -0.25) is 0 Å². The summed E-state index contributed by atoms with van der Waals surface area (Å²) in [5, 5.41) is 0. The van der Waals surface area contributed by atoms with Gasteiger partial charge in [-0.1, -0.05) is 39.3 Å². The van der Waals surface area contributed by atoms with E-state index in [-0.39, 0.29) is 13.2 Å². The van der Waals surface area contributed by atoms with Crippen LogP contribution in [0.25, 0.3) is 0 Å². The first kappa shape index (κ1) is 19.7. The van der Waals surface area contributed by atoms with Gasteiger partial charge in [0.25, 0.3) is 0 Å². The summed E-state index contributed by atoms with van der Waals surface area (Å²) < 4.78 is 9.44. The lowest BCUT2D eigenvalue weighted by Gasteiger charge is -2.14. The molecule has 1 atom stereocenters. The van der Waals surface area contributed by atoms with Gasteiger partial charge in [-0.2, -0.15) is 0 Å². The lowest BCUT2D eigenvalue weighted by molar-refractivity contribution is -0.167. The topological polar surface area (TPSA) is 52.6 Å². The summed E-state index contributed by atoms with van der Waals surface area (Å²) in [7, 11) is 0. The molecule has 0 fully saturated rings. The number of carbonyl (C=O) groups excluding carboxylic acids is 2. The normalized spacial score (nSPS) is 12.0. The Morgan fingerprint density at radius 2 is 1.67 bits per heavy atom. The van der Waals surface area contributed by atoms with Crippen LogP contribution < -0.4 is 0 Å². The van der Waals surface area contributed by atoms with Crippen molar-refractivity contribution in [1.82, 2.24) is 0 Å². The van der Waals surface area contributed by atoms with Gasteiger partial charge < -0.3 is 9.47 Å². The van der Waals surface area contributed by atoms with Crippen LogP contribution in [0.2, 0.25) is 0 Å². The molecule has 4 nitrogen and oxygen atoms in total. The molecular weight excluding hydrogens is 268 g/mol. The smallest absolute Gasteiger partial charge is 0.417 e. The zero-order chi connectivity index (χ0) is 16.3. The summed E-state index contributed by atoms with van der Waals surface area (Å²) in [6.45, 7) is 12.7. The van der Waals surface area contributed by atoms with Crippen LogP contribution in [0, 0.1) is 11.8 Å². The molecule has 0 aliphatic rings. The molecule has 0 N–H and O–H groups in total. The van der Waals surface area contributed by atoms with Crippen molar-refractivity contribution in [1.29, 1.82) is 0 Å². The van der Waals surface area contributed by atoms with Gasteiger partial charge in [0.05, 0.1) is 13.2 Å². The molecule has 0 rings (SSSR count). The molecule has 0 aliphatic carbocycles. The molecular formula is C17H30O4. The molecule has 0 spiro atoms. The van der Waals surface area contributed by atoms with Gasteiger partial charge in [-0.15, -0.1) is 0 Å². The highest BCUT2D eigenvalue weighted by Crippen LogP contribution is 2.19. The molecule has 1 unspecified atom stereocenters. The second kappa shape index (κ2) is 11.4. The maximum Gasteiger partial charge on any atom is 0.417 e. The van der Waals surface area contributed by atoms with Crippen molar-refractivity contribution in [2.45, 2.75) is 59.8 Å². The third-order valence-corrected chi connectivity index (χ3v) is 3.23. The van der Waals surface area contributed by atoms with Crippen molar-refractivity contribution in [2.24, 2.45) is 11.8 Å². The van der Waals surface area contributed by atoms with E-state index in [1.807, 2.05) is 0 Å². The Labute approximate surface area is 128 Å². The van der Waals surface area contributed by atoms with Crippen LogP contribution in [0.3, 0.4) is 0 Å². The van der Waals surface area contributed by atoms with E-state index >= 15 is 0 Å². The maximum atomic E-state index is 11.2. The fraction of sp³-hybridized carbons (Fsp3) is 0.765. The van der Waals surface area contributed by atoms with Crippen LogP contribution in [0.1, 0.15) is 59.8 Å². The van der Waals surface area contributed by atoms with Crippen molar-refractivity contribution in [3.63, 3.8) is 0 Å². The highest BCUT2D eigenvalue weighted by Gasteiger charge is 2.16. The van der Waals surface area contributed by atoms with Gasteiger partial charge in [-0.05, 0) is 44.4 Å². The monoisotopic (exact) mass is 298 g/mol. The Morgan fingerprint density at radius 3 is 2.24 bits per heavy atom. The molecule has 0 aromatic carbocycles. The third kappa shape index (κ3) is 11.1. The van der Waals surface area contributed by atoms with E-state index in [2.05, 4.69) is 32.1 Å². The van der Waals surface area contributed by atoms with Gasteiger partial charge in [0.2, 0.25) is 0 Å². The van der Waals surface area contributed by atoms with Crippen LogP contribution in [-0.2, 0) is 19.1 Å². The fourth-order valence-corrected chi connectivity index (χ4v) is 2.06. The standard InChI is InChI=1S/C17H30O4/c1-6-20-16(18)17(19)21-11-10-15(5)12-14(4)9-7-8-13(2)3/h13,15H,4,6-12H2,1-3,5H3. The number of esters is 2. The lowest BCUT2D eigenvalue weighted by Crippen LogP contribution is -2.21. The van der Waals surface area contributed by atoms with E-state index in [4.69, 9.17) is 4.74 Å². The first-order valence-electron chi connectivity index (χ1n) is 7.87. The van der Waals surface area contributed by atoms with E-state index in [1.165, 1.54) is 18.4 Å². The maximum absolute atomic E-state index is 11.2. The van der Waals surface area contributed by atoms with Crippen LogP contribution in [0.15, 0.2) is 12.2 Å². The molecule has 122 valence electrons. The van der Waals surface area contributed by atoms with E-state index in [0.717, 1.165) is 25.2 Å². The van der Waals surface area contributed by atoms with Gasteiger partial charge in [0.1, 0.15) is 0 Å². The number of allylic oxidation sites excluding steroid dienone is 1. The molecule has 0 aliphatic heterocycles. The van der Waals surface area contributed by atoms with Crippen molar-refractivity contribution < 1.29 is 19.1 Å². The summed E-state index contributed by atoms with van der Waals surface area (Å²) in [4.78, 5) is 22.3. The number of rotatable bonds is 10. The molecule has 0 saturated heterocycles. The highest BCUT2D eigenvalue weighted by molar-refractivity contribution is 6.29. The van der Waals surface area contributed by atoms with Crippen molar-refractivity contribution in [3.8, 4) is 0 Å². The highest BCUT2D eigenvalue weighted by atomic mass is 16.6. The Hall–Kier alpha value is -1.32. The van der Waals surface area contributed by atoms with Crippen molar-refractivity contribution in [2.75, 3.05) is 13.2 Å². The molecule has 0 saturated carbocycles. The minimum atomic E-state index is -0.914. The summed E-state index contributed by atoms with van der Waals surface area (Å²) in [6, 6.07) is 0. The Balaban J connectivity index is 3.74. The molecule has 0 bridgehead atoms. The minimum Gasteiger partial charge on any atom is -0.458 e. The predicted molar refractivity (Wildman–Crippen MR) is 83.8 cm³/mol. The summed E-state index contributed by atoms with van der Waals surface area (Å²) in [5.41, 5.74) is 1.25.